The molecule has 3 aliphatic rings. The predicted molar refractivity (Wildman–Crippen MR) is 200 cm³/mol. The van der Waals surface area contributed by atoms with Gasteiger partial charge in [0.05, 0.1) is 22.5 Å². The summed E-state index contributed by atoms with van der Waals surface area (Å²) in [6.45, 7) is 1.43. The fourth-order valence-electron chi connectivity index (χ4n) is 5.33. The molecule has 0 radical (unpaired) electrons. The number of hydrogen-bond acceptors (Lipinski definition) is 15. The maximum Gasteiger partial charge on any atom is 0.315 e. The van der Waals surface area contributed by atoms with E-state index in [0.717, 1.165) is 0 Å². The first-order chi connectivity index (χ1) is 25.9. The number of hydrogen-bond donors (Lipinski definition) is 6. The van der Waals surface area contributed by atoms with Crippen LogP contribution in [0.25, 0.3) is 22.6 Å². The minimum atomic E-state index is -5.06. The van der Waals surface area contributed by atoms with Crippen molar-refractivity contribution in [2.75, 3.05) is 22.5 Å². The highest BCUT2D eigenvalue weighted by Gasteiger charge is 2.34. The SMILES string of the molecule is CC(CN=c1ccc2nc3c(Cl)c4c(c(Cl)c3oc-2c1S(=O)(=O)O)Nc1ccc(Br)c(S(=O)(=O)O)c1O4)Nc1nc(F)nc(Nc2ccc(S(=O)O)cc2)n1. The van der Waals surface area contributed by atoms with Crippen molar-refractivity contribution in [1.29, 1.82) is 0 Å². The predicted octanol–water partition coefficient (Wildman–Crippen LogP) is 6.39. The smallest absolute Gasteiger partial charge is 0.315 e. The second-order valence-corrected chi connectivity index (χ2v) is 16.7. The van der Waals surface area contributed by atoms with Gasteiger partial charge in [-0.3, -0.25) is 14.1 Å². The molecular weight excluding hydrogens is 898 g/mol. The molecule has 55 heavy (non-hydrogen) atoms. The van der Waals surface area contributed by atoms with E-state index in [1.165, 1.54) is 48.5 Å². The summed E-state index contributed by atoms with van der Waals surface area (Å²) < 4.78 is 117. The Labute approximate surface area is 329 Å². The third-order valence-corrected chi connectivity index (χ3v) is 11.8. The van der Waals surface area contributed by atoms with E-state index in [-0.39, 0.29) is 82.9 Å². The normalized spacial score (nSPS) is 14.1. The average Bonchev–Trinajstić information content (AvgIpc) is 3.10. The van der Waals surface area contributed by atoms with Gasteiger partial charge in [-0.15, -0.1) is 0 Å². The van der Waals surface area contributed by atoms with Crippen molar-refractivity contribution >= 4 is 111 Å². The first-order valence-corrected chi connectivity index (χ1v) is 20.6. The largest absolute Gasteiger partial charge is 0.450 e. The lowest BCUT2D eigenvalue weighted by atomic mass is 10.1. The summed E-state index contributed by atoms with van der Waals surface area (Å²) in [7, 11) is -9.85. The van der Waals surface area contributed by atoms with Crippen LogP contribution >= 0.6 is 39.1 Å². The zero-order valence-corrected chi connectivity index (χ0v) is 32.6. The maximum absolute atomic E-state index is 14.3. The molecule has 6 N–H and O–H groups in total. The average molecular weight is 919 g/mol. The number of rotatable bonds is 9. The van der Waals surface area contributed by atoms with E-state index in [1.807, 2.05) is 0 Å². The molecular formula is C30H20BrCl2FN8O10S3. The van der Waals surface area contributed by atoms with Gasteiger partial charge in [-0.2, -0.15) is 36.2 Å². The van der Waals surface area contributed by atoms with Gasteiger partial charge < -0.3 is 29.7 Å². The Morgan fingerprint density at radius 1 is 0.945 bits per heavy atom. The van der Waals surface area contributed by atoms with Crippen LogP contribution in [0.1, 0.15) is 6.92 Å². The minimum Gasteiger partial charge on any atom is -0.450 e. The first kappa shape index (κ1) is 38.7. The fraction of sp³-hybridized carbons (Fsp3) is 0.100. The van der Waals surface area contributed by atoms with E-state index in [4.69, 9.17) is 32.4 Å². The molecule has 3 heterocycles. The van der Waals surface area contributed by atoms with E-state index in [0.29, 0.717) is 5.69 Å². The van der Waals surface area contributed by atoms with Crippen LogP contribution in [-0.2, 0) is 31.3 Å². The molecule has 7 rings (SSSR count). The number of anilines is 5. The van der Waals surface area contributed by atoms with Crippen molar-refractivity contribution in [2.24, 2.45) is 4.99 Å². The van der Waals surface area contributed by atoms with Crippen LogP contribution in [0.15, 0.2) is 77.1 Å². The maximum atomic E-state index is 14.3. The summed E-state index contributed by atoms with van der Waals surface area (Å²) in [5, 5.41) is 7.78. The summed E-state index contributed by atoms with van der Waals surface area (Å²) in [6, 6.07) is 10.4. The van der Waals surface area contributed by atoms with Crippen LogP contribution in [0.2, 0.25) is 10.0 Å². The molecule has 0 spiro atoms. The lowest BCUT2D eigenvalue weighted by molar-refractivity contribution is 0.447. The van der Waals surface area contributed by atoms with Crippen LogP contribution in [-0.4, -0.2) is 67.2 Å². The lowest BCUT2D eigenvalue weighted by Crippen LogP contribution is -2.24. The van der Waals surface area contributed by atoms with E-state index in [9.17, 15) is 39.1 Å². The van der Waals surface area contributed by atoms with Gasteiger partial charge in [-0.05, 0) is 71.4 Å². The Bertz CT molecular complexity index is 2870. The molecule has 0 saturated carbocycles. The zero-order chi connectivity index (χ0) is 39.6. The highest BCUT2D eigenvalue weighted by atomic mass is 79.9. The number of ether oxygens (including phenoxy) is 1. The molecule has 18 nitrogen and oxygen atoms in total. The molecule has 0 bridgehead atoms. The quantitative estimate of drug-likeness (QED) is 0.0520. The number of nitrogens with one attached hydrogen (secondary N) is 3. The molecule has 1 aliphatic carbocycles. The Morgan fingerprint density at radius 3 is 2.31 bits per heavy atom. The molecule has 0 fully saturated rings. The molecule has 2 aliphatic heterocycles. The van der Waals surface area contributed by atoms with E-state index in [1.54, 1.807) is 6.92 Å². The van der Waals surface area contributed by atoms with Gasteiger partial charge in [0.15, 0.2) is 43.7 Å². The van der Waals surface area contributed by atoms with E-state index >= 15 is 0 Å². The van der Waals surface area contributed by atoms with Crippen molar-refractivity contribution in [3.8, 4) is 23.0 Å². The third-order valence-electron chi connectivity index (χ3n) is 7.65. The van der Waals surface area contributed by atoms with Crippen molar-refractivity contribution < 1.29 is 48.2 Å². The van der Waals surface area contributed by atoms with Gasteiger partial charge in [-0.1, -0.05) is 23.2 Å². The number of nitrogens with zero attached hydrogens (tertiary/aromatic N) is 5. The number of benzene rings is 4. The van der Waals surface area contributed by atoms with Crippen LogP contribution in [0.3, 0.4) is 0 Å². The topological polar surface area (TPSA) is 268 Å². The second kappa shape index (κ2) is 14.5. The standard InChI is InChI=1S/C30H20BrCl2FN8O10S3/c1-11(36-29-40-28(34)41-30(42-29)37-12-2-4-13(5-3-12)53(43)44)10-35-17-9-8-16-23(27(17)55(48,49)50)52-25-19(33)20-24(18(32)21(25)39-16)51-22-15(38-20)7-6-14(31)26(22)54(45,46)47/h2-9,11,38H,10H2,1H3,(H,43,44)(H,45,46,47)(H,48,49,50)(H2,36,37,40,41,42). The minimum absolute atomic E-state index is 0.00363. The lowest BCUT2D eigenvalue weighted by Gasteiger charge is -2.26. The molecule has 25 heteroatoms. The Kier molecular flexibility index (Phi) is 10.2. The first-order valence-electron chi connectivity index (χ1n) is 15.1. The van der Waals surface area contributed by atoms with E-state index in [2.05, 4.69) is 56.8 Å². The van der Waals surface area contributed by atoms with Crippen LogP contribution in [0, 0.1) is 6.08 Å². The van der Waals surface area contributed by atoms with Crippen molar-refractivity contribution in [2.45, 2.75) is 27.7 Å². The van der Waals surface area contributed by atoms with Gasteiger partial charge in [0.25, 0.3) is 10.1 Å². The number of halogens is 4. The van der Waals surface area contributed by atoms with Gasteiger partial charge in [-0.25, -0.2) is 9.19 Å². The van der Waals surface area contributed by atoms with Crippen molar-refractivity contribution in [3.05, 3.63) is 74.5 Å². The van der Waals surface area contributed by atoms with Crippen LogP contribution in [0.4, 0.5) is 33.3 Å². The summed E-state index contributed by atoms with van der Waals surface area (Å²) in [6.07, 6.45) is -1.14. The monoisotopic (exact) mass is 916 g/mol. The molecule has 4 aromatic rings. The summed E-state index contributed by atoms with van der Waals surface area (Å²) >= 11 is 14.3. The highest BCUT2D eigenvalue weighted by Crippen LogP contribution is 2.55. The van der Waals surface area contributed by atoms with Crippen molar-refractivity contribution in [1.82, 2.24) is 19.9 Å². The fourth-order valence-corrected chi connectivity index (χ4v) is 8.63. The molecule has 0 amide bonds. The highest BCUT2D eigenvalue weighted by molar-refractivity contribution is 9.10. The number of aromatic nitrogens is 4. The summed E-state index contributed by atoms with van der Waals surface area (Å²) in [5.41, 5.74) is -0.0582. The molecule has 3 aromatic carbocycles. The van der Waals surface area contributed by atoms with Crippen molar-refractivity contribution in [3.63, 3.8) is 0 Å². The second-order valence-electron chi connectivity index (χ2n) is 11.5. The summed E-state index contributed by atoms with van der Waals surface area (Å²) in [4.78, 5) is 18.9. The van der Waals surface area contributed by atoms with E-state index < -0.39 is 59.0 Å². The van der Waals surface area contributed by atoms with Crippen LogP contribution in [0.5, 0.6) is 11.5 Å². The molecule has 1 aromatic heterocycles. The Balaban J connectivity index is 1.22. The molecule has 2 unspecified atom stereocenters. The number of fused-ring (bicyclic) bond motifs is 4. The third kappa shape index (κ3) is 7.66. The Morgan fingerprint density at radius 2 is 1.64 bits per heavy atom. The molecule has 286 valence electrons. The zero-order valence-electron chi connectivity index (χ0n) is 27.1. The molecule has 2 atom stereocenters. The van der Waals surface area contributed by atoms with Gasteiger partial charge in [0.1, 0.15) is 26.9 Å². The molecule has 0 saturated heterocycles. The van der Waals surface area contributed by atoms with Crippen LogP contribution < -0.4 is 26.0 Å². The van der Waals surface area contributed by atoms with Gasteiger partial charge >= 0.3 is 16.2 Å². The van der Waals surface area contributed by atoms with Gasteiger partial charge in [0, 0.05) is 16.2 Å². The van der Waals surface area contributed by atoms with Gasteiger partial charge in [0.2, 0.25) is 11.9 Å². The Hall–Kier alpha value is -4.59. The summed E-state index contributed by atoms with van der Waals surface area (Å²) in [5.74, 6) is -1.33.